The van der Waals surface area contributed by atoms with Crippen molar-refractivity contribution in [1.29, 1.82) is 0 Å². The summed E-state index contributed by atoms with van der Waals surface area (Å²) in [4.78, 5) is 33.5. The summed E-state index contributed by atoms with van der Waals surface area (Å²) < 4.78 is 6.89. The topological polar surface area (TPSA) is 109 Å². The molecule has 10 heteroatoms. The lowest BCUT2D eigenvalue weighted by molar-refractivity contribution is 0.0298. The fourth-order valence-electron chi connectivity index (χ4n) is 3.73. The van der Waals surface area contributed by atoms with Gasteiger partial charge in [-0.05, 0) is 12.5 Å². The number of nitrogens with zero attached hydrogens (tertiary/aromatic N) is 6. The number of aromatic amines is 1. The quantitative estimate of drug-likeness (QED) is 0.676. The molecule has 2 aliphatic heterocycles. The molecule has 10 nitrogen and oxygen atoms in total. The van der Waals surface area contributed by atoms with E-state index in [9.17, 15) is 9.59 Å². The minimum Gasteiger partial charge on any atom is -0.378 e. The second-order valence-electron chi connectivity index (χ2n) is 6.86. The number of amides is 2. The van der Waals surface area contributed by atoms with E-state index in [1.54, 1.807) is 39.0 Å². The second kappa shape index (κ2) is 6.71. The number of fused-ring (bicyclic) bond motifs is 2. The van der Waals surface area contributed by atoms with Crippen LogP contribution in [0.5, 0.6) is 0 Å². The van der Waals surface area contributed by atoms with Gasteiger partial charge in [-0.2, -0.15) is 10.2 Å². The highest BCUT2D eigenvalue weighted by molar-refractivity contribution is 6.00. The van der Waals surface area contributed by atoms with Crippen molar-refractivity contribution < 1.29 is 14.3 Å². The maximum atomic E-state index is 13.0. The highest BCUT2D eigenvalue weighted by Gasteiger charge is 2.31. The SMILES string of the molecule is O=C(c1n[nH]c2c1CCN(C(=O)c1cnn3cccnc13)C2)N1CCOCC1. The van der Waals surface area contributed by atoms with Crippen LogP contribution < -0.4 is 0 Å². The first-order chi connectivity index (χ1) is 13.7. The molecule has 28 heavy (non-hydrogen) atoms. The molecule has 1 saturated heterocycles. The summed E-state index contributed by atoms with van der Waals surface area (Å²) in [5, 5.41) is 11.4. The zero-order valence-electron chi connectivity index (χ0n) is 15.2. The summed E-state index contributed by atoms with van der Waals surface area (Å²) in [6.45, 7) is 3.14. The predicted octanol–water partition coefficient (Wildman–Crippen LogP) is 0.123. The maximum absolute atomic E-state index is 13.0. The van der Waals surface area contributed by atoms with Crippen molar-refractivity contribution >= 4 is 17.5 Å². The first kappa shape index (κ1) is 16.9. The van der Waals surface area contributed by atoms with Crippen LogP contribution in [0.2, 0.25) is 0 Å². The normalized spacial score (nSPS) is 17.0. The predicted molar refractivity (Wildman–Crippen MR) is 96.7 cm³/mol. The third kappa shape index (κ3) is 2.73. The van der Waals surface area contributed by atoms with Gasteiger partial charge in [0.1, 0.15) is 5.56 Å². The van der Waals surface area contributed by atoms with Crippen LogP contribution in [-0.2, 0) is 17.7 Å². The van der Waals surface area contributed by atoms with Gasteiger partial charge < -0.3 is 14.5 Å². The van der Waals surface area contributed by atoms with Crippen molar-refractivity contribution in [1.82, 2.24) is 34.6 Å². The van der Waals surface area contributed by atoms with Gasteiger partial charge in [0, 0.05) is 37.6 Å². The third-order valence-electron chi connectivity index (χ3n) is 5.23. The number of H-pyrrole nitrogens is 1. The van der Waals surface area contributed by atoms with E-state index in [2.05, 4.69) is 20.3 Å². The Morgan fingerprint density at radius 1 is 1.11 bits per heavy atom. The Kier molecular flexibility index (Phi) is 4.05. The average Bonchev–Trinajstić information content (AvgIpc) is 3.37. The Bertz CT molecular complexity index is 1050. The molecule has 1 N–H and O–H groups in total. The van der Waals surface area contributed by atoms with Gasteiger partial charge in [-0.1, -0.05) is 0 Å². The number of carbonyl (C=O) groups is 2. The standard InChI is InChI=1S/C18H19N7O3/c26-17(13-10-20-25-4-1-3-19-16(13)25)24-5-2-12-14(11-24)21-22-15(12)18(27)23-6-8-28-9-7-23/h1,3-4,10H,2,5-9,11H2,(H,21,22). The van der Waals surface area contributed by atoms with E-state index in [0.717, 1.165) is 11.3 Å². The molecule has 1 fully saturated rings. The molecule has 3 aromatic heterocycles. The van der Waals surface area contributed by atoms with E-state index < -0.39 is 0 Å². The van der Waals surface area contributed by atoms with Crippen LogP contribution in [-0.4, -0.2) is 79.3 Å². The van der Waals surface area contributed by atoms with Crippen molar-refractivity contribution in [3.05, 3.63) is 47.2 Å². The second-order valence-corrected chi connectivity index (χ2v) is 6.86. The van der Waals surface area contributed by atoms with Crippen LogP contribution >= 0.6 is 0 Å². The van der Waals surface area contributed by atoms with Crippen LogP contribution in [0.15, 0.2) is 24.7 Å². The van der Waals surface area contributed by atoms with Crippen molar-refractivity contribution in [2.75, 3.05) is 32.8 Å². The summed E-state index contributed by atoms with van der Waals surface area (Å²) in [7, 11) is 0. The zero-order chi connectivity index (χ0) is 19.1. The zero-order valence-corrected chi connectivity index (χ0v) is 15.2. The van der Waals surface area contributed by atoms with E-state index in [1.807, 2.05) is 0 Å². The summed E-state index contributed by atoms with van der Waals surface area (Å²) in [5.74, 6) is -0.206. The lowest BCUT2D eigenvalue weighted by Gasteiger charge is -2.28. The van der Waals surface area contributed by atoms with Gasteiger partial charge in [-0.25, -0.2) is 9.50 Å². The largest absolute Gasteiger partial charge is 0.378 e. The number of aromatic nitrogens is 5. The smallest absolute Gasteiger partial charge is 0.274 e. The Morgan fingerprint density at radius 2 is 1.96 bits per heavy atom. The first-order valence-electron chi connectivity index (χ1n) is 9.23. The van der Waals surface area contributed by atoms with Gasteiger partial charge in [0.05, 0.1) is 31.6 Å². The van der Waals surface area contributed by atoms with Crippen molar-refractivity contribution in [2.45, 2.75) is 13.0 Å². The molecule has 0 aromatic carbocycles. The fourth-order valence-corrected chi connectivity index (χ4v) is 3.73. The molecule has 0 bridgehead atoms. The van der Waals surface area contributed by atoms with Crippen LogP contribution in [0.25, 0.3) is 5.65 Å². The molecule has 5 heterocycles. The van der Waals surface area contributed by atoms with E-state index in [-0.39, 0.29) is 11.8 Å². The number of hydrogen-bond acceptors (Lipinski definition) is 6. The van der Waals surface area contributed by atoms with Crippen molar-refractivity contribution in [2.24, 2.45) is 0 Å². The monoisotopic (exact) mass is 381 g/mol. The van der Waals surface area contributed by atoms with Crippen LogP contribution in [0.4, 0.5) is 0 Å². The van der Waals surface area contributed by atoms with E-state index in [4.69, 9.17) is 4.74 Å². The van der Waals surface area contributed by atoms with Crippen LogP contribution in [0.3, 0.4) is 0 Å². The van der Waals surface area contributed by atoms with Crippen molar-refractivity contribution in [3.8, 4) is 0 Å². The molecule has 2 aliphatic rings. The summed E-state index contributed by atoms with van der Waals surface area (Å²) in [6.07, 6.45) is 5.52. The van der Waals surface area contributed by atoms with Gasteiger partial charge >= 0.3 is 0 Å². The molecule has 0 spiro atoms. The number of morpholine rings is 1. The molecule has 144 valence electrons. The highest BCUT2D eigenvalue weighted by Crippen LogP contribution is 2.23. The Morgan fingerprint density at radius 3 is 2.82 bits per heavy atom. The van der Waals surface area contributed by atoms with E-state index in [0.29, 0.717) is 62.7 Å². The lowest BCUT2D eigenvalue weighted by atomic mass is 10.0. The molecule has 0 saturated carbocycles. The lowest BCUT2D eigenvalue weighted by Crippen LogP contribution is -2.41. The summed E-state index contributed by atoms with van der Waals surface area (Å²) >= 11 is 0. The Balaban J connectivity index is 1.37. The first-order valence-corrected chi connectivity index (χ1v) is 9.23. The van der Waals surface area contributed by atoms with Crippen LogP contribution in [0.1, 0.15) is 32.1 Å². The number of rotatable bonds is 2. The summed E-state index contributed by atoms with van der Waals surface area (Å²) in [6, 6.07) is 1.76. The number of carbonyl (C=O) groups excluding carboxylic acids is 2. The molecule has 0 unspecified atom stereocenters. The number of nitrogens with one attached hydrogen (secondary N) is 1. The molecule has 5 rings (SSSR count). The summed E-state index contributed by atoms with van der Waals surface area (Å²) in [5.41, 5.74) is 3.17. The molecule has 2 amide bonds. The maximum Gasteiger partial charge on any atom is 0.274 e. The minimum absolute atomic E-state index is 0.0765. The van der Waals surface area contributed by atoms with Gasteiger partial charge in [0.2, 0.25) is 0 Å². The minimum atomic E-state index is -0.130. The van der Waals surface area contributed by atoms with Crippen LogP contribution in [0, 0.1) is 0 Å². The number of ether oxygens (including phenoxy) is 1. The third-order valence-corrected chi connectivity index (χ3v) is 5.23. The van der Waals surface area contributed by atoms with E-state index >= 15 is 0 Å². The van der Waals surface area contributed by atoms with E-state index in [1.165, 1.54) is 0 Å². The molecule has 0 aliphatic carbocycles. The highest BCUT2D eigenvalue weighted by atomic mass is 16.5. The van der Waals surface area contributed by atoms with Gasteiger partial charge in [0.25, 0.3) is 11.8 Å². The Hall–Kier alpha value is -3.27. The van der Waals surface area contributed by atoms with Gasteiger partial charge in [-0.15, -0.1) is 0 Å². The average molecular weight is 381 g/mol. The molecule has 0 radical (unpaired) electrons. The molecular weight excluding hydrogens is 362 g/mol. The molecule has 0 atom stereocenters. The fraction of sp³-hybridized carbons (Fsp3) is 0.389. The van der Waals surface area contributed by atoms with Crippen molar-refractivity contribution in [3.63, 3.8) is 0 Å². The molecular formula is C18H19N7O3. The number of hydrogen-bond donors (Lipinski definition) is 1. The Labute approximate surface area is 160 Å². The van der Waals surface area contributed by atoms with Gasteiger partial charge in [-0.3, -0.25) is 14.7 Å². The molecule has 3 aromatic rings. The van der Waals surface area contributed by atoms with Gasteiger partial charge in [0.15, 0.2) is 11.3 Å².